The Morgan fingerprint density at radius 1 is 0.909 bits per heavy atom. The summed E-state index contributed by atoms with van der Waals surface area (Å²) in [6, 6.07) is 3.70. The number of hydrogen-bond acceptors (Lipinski definition) is 5. The number of hydrogen-bond donors (Lipinski definition) is 1. The third-order valence-electron chi connectivity index (χ3n) is 2.19. The van der Waals surface area contributed by atoms with E-state index in [1.165, 1.54) is 0 Å². The van der Waals surface area contributed by atoms with Crippen LogP contribution in [0.25, 0.3) is 0 Å². The van der Waals surface area contributed by atoms with Crippen molar-refractivity contribution < 1.29 is 14.6 Å². The largest absolute Gasteiger partial charge is 0.492 e. The summed E-state index contributed by atoms with van der Waals surface area (Å²) in [5.41, 5.74) is 0. The topological polar surface area (TPSA) is 64.5 Å². The highest BCUT2D eigenvalue weighted by Crippen LogP contribution is 2.16. The number of rotatable bonds is 6. The van der Waals surface area contributed by atoms with Crippen molar-refractivity contribution in [3.63, 3.8) is 0 Å². The summed E-state index contributed by atoms with van der Waals surface area (Å²) in [6.45, 7) is 3.15. The first-order chi connectivity index (χ1) is 10.7. The standard InChI is InChI=1S/C8H10BrNO.C7H8BrNO2/c1-2-3-11-8-4-7(9)5-10-6-8;8-6-3-7(5-9-4-6)11-2-1-10/h4-6H,2-3H2,1H3;3-5,10H,1-2H2. The average molecular weight is 434 g/mol. The normalized spacial score (nSPS) is 9.64. The fourth-order valence-corrected chi connectivity index (χ4v) is 2.01. The van der Waals surface area contributed by atoms with Gasteiger partial charge < -0.3 is 14.6 Å². The van der Waals surface area contributed by atoms with E-state index >= 15 is 0 Å². The Hall–Kier alpha value is -1.18. The van der Waals surface area contributed by atoms with Gasteiger partial charge in [-0.2, -0.15) is 0 Å². The van der Waals surface area contributed by atoms with Crippen LogP contribution >= 0.6 is 31.9 Å². The van der Waals surface area contributed by atoms with Gasteiger partial charge in [-0.1, -0.05) is 6.92 Å². The molecule has 0 bridgehead atoms. The van der Waals surface area contributed by atoms with Crippen LogP contribution in [0.5, 0.6) is 11.5 Å². The number of halogens is 2. The van der Waals surface area contributed by atoms with Gasteiger partial charge in [-0.25, -0.2) is 0 Å². The molecule has 2 aromatic heterocycles. The van der Waals surface area contributed by atoms with Crippen LogP contribution in [0.15, 0.2) is 45.9 Å². The van der Waals surface area contributed by atoms with Gasteiger partial charge in [-0.05, 0) is 50.4 Å². The summed E-state index contributed by atoms with van der Waals surface area (Å²) in [5, 5.41) is 8.44. The van der Waals surface area contributed by atoms with Crippen LogP contribution < -0.4 is 9.47 Å². The Bertz CT molecular complexity index is 506. The maximum Gasteiger partial charge on any atom is 0.138 e. The van der Waals surface area contributed by atoms with E-state index in [9.17, 15) is 0 Å². The van der Waals surface area contributed by atoms with E-state index in [2.05, 4.69) is 48.8 Å². The molecule has 0 radical (unpaired) electrons. The lowest BCUT2D eigenvalue weighted by atomic mass is 10.4. The molecule has 0 spiro atoms. The van der Waals surface area contributed by atoms with E-state index in [1.54, 1.807) is 30.9 Å². The molecule has 120 valence electrons. The molecule has 0 aliphatic rings. The van der Waals surface area contributed by atoms with Crippen LogP contribution in [-0.4, -0.2) is 34.9 Å². The second kappa shape index (κ2) is 11.4. The molecule has 1 N–H and O–H groups in total. The van der Waals surface area contributed by atoms with Crippen molar-refractivity contribution in [1.82, 2.24) is 9.97 Å². The van der Waals surface area contributed by atoms with E-state index in [0.29, 0.717) is 12.4 Å². The third kappa shape index (κ3) is 8.31. The molecule has 0 saturated heterocycles. The van der Waals surface area contributed by atoms with Crippen LogP contribution in [0.1, 0.15) is 13.3 Å². The molecule has 7 heteroatoms. The molecular formula is C15H18Br2N2O3. The smallest absolute Gasteiger partial charge is 0.138 e. The lowest BCUT2D eigenvalue weighted by Gasteiger charge is -2.02. The summed E-state index contributed by atoms with van der Waals surface area (Å²) in [7, 11) is 0. The number of ether oxygens (including phenoxy) is 2. The number of aromatic nitrogens is 2. The molecule has 0 saturated carbocycles. The number of aliphatic hydroxyl groups is 1. The van der Waals surface area contributed by atoms with Gasteiger partial charge in [0.2, 0.25) is 0 Å². The number of nitrogens with zero attached hydrogens (tertiary/aromatic N) is 2. The first-order valence-electron chi connectivity index (χ1n) is 6.73. The predicted octanol–water partition coefficient (Wildman–Crippen LogP) is 3.85. The van der Waals surface area contributed by atoms with Crippen LogP contribution in [0.3, 0.4) is 0 Å². The molecule has 0 atom stereocenters. The average Bonchev–Trinajstić information content (AvgIpc) is 2.52. The highest BCUT2D eigenvalue weighted by molar-refractivity contribution is 9.10. The van der Waals surface area contributed by atoms with Crippen molar-refractivity contribution in [2.75, 3.05) is 19.8 Å². The minimum atomic E-state index is 0.0204. The maximum atomic E-state index is 8.44. The lowest BCUT2D eigenvalue weighted by Crippen LogP contribution is -2.01. The summed E-state index contributed by atoms with van der Waals surface area (Å²) in [6.07, 6.45) is 7.73. The maximum absolute atomic E-state index is 8.44. The van der Waals surface area contributed by atoms with Gasteiger partial charge in [-0.15, -0.1) is 0 Å². The summed E-state index contributed by atoms with van der Waals surface area (Å²) in [5.74, 6) is 1.48. The van der Waals surface area contributed by atoms with E-state index in [1.807, 2.05) is 6.07 Å². The Labute approximate surface area is 147 Å². The zero-order chi connectivity index (χ0) is 16.2. The minimum Gasteiger partial charge on any atom is -0.492 e. The minimum absolute atomic E-state index is 0.0204. The highest BCUT2D eigenvalue weighted by atomic mass is 79.9. The van der Waals surface area contributed by atoms with Crippen molar-refractivity contribution in [2.45, 2.75) is 13.3 Å². The second-order valence-corrected chi connectivity index (χ2v) is 5.93. The Balaban J connectivity index is 0.000000220. The van der Waals surface area contributed by atoms with Gasteiger partial charge in [0.1, 0.15) is 18.1 Å². The molecule has 0 aliphatic heterocycles. The molecule has 2 aromatic rings. The molecule has 22 heavy (non-hydrogen) atoms. The van der Waals surface area contributed by atoms with E-state index < -0.39 is 0 Å². The van der Waals surface area contributed by atoms with E-state index in [4.69, 9.17) is 14.6 Å². The third-order valence-corrected chi connectivity index (χ3v) is 3.06. The SMILES string of the molecule is CCCOc1cncc(Br)c1.OCCOc1cncc(Br)c1. The van der Waals surface area contributed by atoms with Crippen molar-refractivity contribution in [3.05, 3.63) is 45.9 Å². The first-order valence-corrected chi connectivity index (χ1v) is 8.32. The van der Waals surface area contributed by atoms with E-state index in [0.717, 1.165) is 27.7 Å². The number of aliphatic hydroxyl groups excluding tert-OH is 1. The molecule has 2 heterocycles. The quantitative estimate of drug-likeness (QED) is 0.749. The summed E-state index contributed by atoms with van der Waals surface area (Å²) >= 11 is 6.56. The molecule has 0 unspecified atom stereocenters. The summed E-state index contributed by atoms with van der Waals surface area (Å²) < 4.78 is 12.3. The molecule has 2 rings (SSSR count). The zero-order valence-electron chi connectivity index (χ0n) is 12.2. The monoisotopic (exact) mass is 432 g/mol. The molecule has 5 nitrogen and oxygen atoms in total. The van der Waals surface area contributed by atoms with Crippen molar-refractivity contribution in [1.29, 1.82) is 0 Å². The molecular weight excluding hydrogens is 416 g/mol. The first kappa shape index (κ1) is 18.9. The van der Waals surface area contributed by atoms with Crippen LogP contribution in [-0.2, 0) is 0 Å². The van der Waals surface area contributed by atoms with Crippen LogP contribution in [0.4, 0.5) is 0 Å². The number of pyridine rings is 2. The van der Waals surface area contributed by atoms with Gasteiger partial charge in [0.05, 0.1) is 25.6 Å². The van der Waals surface area contributed by atoms with Crippen LogP contribution in [0.2, 0.25) is 0 Å². The van der Waals surface area contributed by atoms with Gasteiger partial charge in [0.15, 0.2) is 0 Å². The Morgan fingerprint density at radius 2 is 1.41 bits per heavy atom. The molecule has 0 aliphatic carbocycles. The molecule has 0 fully saturated rings. The van der Waals surface area contributed by atoms with Gasteiger partial charge in [-0.3, -0.25) is 9.97 Å². The van der Waals surface area contributed by atoms with Crippen molar-refractivity contribution in [3.8, 4) is 11.5 Å². The Kier molecular flexibility index (Phi) is 9.77. The second-order valence-electron chi connectivity index (χ2n) is 4.10. The lowest BCUT2D eigenvalue weighted by molar-refractivity contribution is 0.201. The summed E-state index contributed by atoms with van der Waals surface area (Å²) in [4.78, 5) is 7.85. The fraction of sp³-hybridized carbons (Fsp3) is 0.333. The van der Waals surface area contributed by atoms with Crippen molar-refractivity contribution >= 4 is 31.9 Å². The zero-order valence-corrected chi connectivity index (χ0v) is 15.4. The predicted molar refractivity (Wildman–Crippen MR) is 92.2 cm³/mol. The van der Waals surface area contributed by atoms with Crippen molar-refractivity contribution in [2.24, 2.45) is 0 Å². The van der Waals surface area contributed by atoms with E-state index in [-0.39, 0.29) is 6.61 Å². The fourth-order valence-electron chi connectivity index (χ4n) is 1.33. The van der Waals surface area contributed by atoms with Crippen LogP contribution in [0, 0.1) is 0 Å². The van der Waals surface area contributed by atoms with Gasteiger partial charge in [0.25, 0.3) is 0 Å². The molecule has 0 amide bonds. The van der Waals surface area contributed by atoms with Gasteiger partial charge >= 0.3 is 0 Å². The molecule has 0 aromatic carbocycles. The highest BCUT2D eigenvalue weighted by Gasteiger charge is 1.94. The van der Waals surface area contributed by atoms with Gasteiger partial charge in [0, 0.05) is 21.3 Å². The Morgan fingerprint density at radius 3 is 1.82 bits per heavy atom.